The third-order valence-corrected chi connectivity index (χ3v) is 6.49. The topological polar surface area (TPSA) is 110 Å². The van der Waals surface area contributed by atoms with Crippen molar-refractivity contribution in [3.63, 3.8) is 0 Å². The van der Waals surface area contributed by atoms with Crippen molar-refractivity contribution in [2.45, 2.75) is 70.5 Å². The molecular formula is C25H37FN6O3. The number of imidazole rings is 1. The van der Waals surface area contributed by atoms with Gasteiger partial charge in [-0.2, -0.15) is 0 Å². The Morgan fingerprint density at radius 2 is 2.03 bits per heavy atom. The maximum atomic E-state index is 14.0. The quantitative estimate of drug-likeness (QED) is 0.476. The number of halogens is 1. The van der Waals surface area contributed by atoms with Gasteiger partial charge < -0.3 is 25.4 Å². The van der Waals surface area contributed by atoms with Crippen molar-refractivity contribution in [2.24, 2.45) is 0 Å². The average molecular weight is 489 g/mol. The van der Waals surface area contributed by atoms with Crippen molar-refractivity contribution in [3.8, 4) is 0 Å². The molecule has 35 heavy (non-hydrogen) atoms. The number of hydrogen-bond acceptors (Lipinski definition) is 5. The van der Waals surface area contributed by atoms with Crippen molar-refractivity contribution in [1.29, 1.82) is 0 Å². The number of aromatic nitrogens is 2. The Morgan fingerprint density at radius 1 is 1.26 bits per heavy atom. The molecule has 2 heterocycles. The lowest BCUT2D eigenvalue weighted by Crippen LogP contribution is -2.52. The normalized spacial score (nSPS) is 17.9. The highest BCUT2D eigenvalue weighted by Crippen LogP contribution is 2.21. The molecule has 3 amide bonds. The Hall–Kier alpha value is -3.01. The van der Waals surface area contributed by atoms with Gasteiger partial charge in [-0.3, -0.25) is 14.4 Å². The summed E-state index contributed by atoms with van der Waals surface area (Å²) in [6.07, 6.45) is 3.94. The maximum absolute atomic E-state index is 14.0. The highest BCUT2D eigenvalue weighted by Gasteiger charge is 2.31. The van der Waals surface area contributed by atoms with Crippen LogP contribution in [0.25, 0.3) is 11.0 Å². The summed E-state index contributed by atoms with van der Waals surface area (Å²) < 4.78 is 14.0. The van der Waals surface area contributed by atoms with E-state index in [0.29, 0.717) is 24.4 Å². The Balaban J connectivity index is 1.73. The molecule has 3 N–H and O–H groups in total. The summed E-state index contributed by atoms with van der Waals surface area (Å²) in [5, 5.41) is 5.58. The molecule has 1 aliphatic heterocycles. The van der Waals surface area contributed by atoms with E-state index in [9.17, 15) is 18.8 Å². The molecule has 0 spiro atoms. The van der Waals surface area contributed by atoms with Crippen LogP contribution in [0.2, 0.25) is 0 Å². The minimum atomic E-state index is -1.01. The van der Waals surface area contributed by atoms with E-state index in [4.69, 9.17) is 0 Å². The Bertz CT molecular complexity index is 1040. The first-order valence-corrected chi connectivity index (χ1v) is 12.4. The van der Waals surface area contributed by atoms with Gasteiger partial charge in [0, 0.05) is 25.6 Å². The molecule has 3 rings (SSSR count). The Labute approximate surface area is 205 Å². The smallest absolute Gasteiger partial charge is 0.243 e. The first kappa shape index (κ1) is 26.6. The molecule has 1 aromatic carbocycles. The number of benzene rings is 1. The zero-order valence-electron chi connectivity index (χ0n) is 21.1. The van der Waals surface area contributed by atoms with Crippen LogP contribution in [0.5, 0.6) is 0 Å². The molecule has 10 heteroatoms. The second kappa shape index (κ2) is 12.1. The maximum Gasteiger partial charge on any atom is 0.243 e. The SMILES string of the molecule is CC[C@H]1CCCCN1C(=O)CC(NC(=O)CCN(C)C)C(=O)NC(C)c1nc2c(F)cccc2[nH]1. The number of nitrogens with one attached hydrogen (secondary N) is 3. The number of amides is 3. The van der Waals surface area contributed by atoms with Gasteiger partial charge in [0.05, 0.1) is 18.0 Å². The van der Waals surface area contributed by atoms with Gasteiger partial charge in [-0.1, -0.05) is 13.0 Å². The predicted octanol–water partition coefficient (Wildman–Crippen LogP) is 2.50. The van der Waals surface area contributed by atoms with Gasteiger partial charge in [-0.15, -0.1) is 0 Å². The van der Waals surface area contributed by atoms with E-state index < -0.39 is 23.8 Å². The summed E-state index contributed by atoms with van der Waals surface area (Å²) in [5.41, 5.74) is 0.726. The summed E-state index contributed by atoms with van der Waals surface area (Å²) in [5.74, 6) is -0.967. The molecule has 1 fully saturated rings. The van der Waals surface area contributed by atoms with E-state index in [2.05, 4.69) is 27.5 Å². The summed E-state index contributed by atoms with van der Waals surface area (Å²) in [4.78, 5) is 50.0. The van der Waals surface area contributed by atoms with Crippen molar-refractivity contribution >= 4 is 28.8 Å². The van der Waals surface area contributed by atoms with E-state index in [-0.39, 0.29) is 36.2 Å². The Kier molecular flexibility index (Phi) is 9.20. The fourth-order valence-electron chi connectivity index (χ4n) is 4.45. The molecule has 0 bridgehead atoms. The fraction of sp³-hybridized carbons (Fsp3) is 0.600. The van der Waals surface area contributed by atoms with Gasteiger partial charge in [-0.25, -0.2) is 9.37 Å². The third-order valence-electron chi connectivity index (χ3n) is 6.49. The molecule has 0 aliphatic carbocycles. The van der Waals surface area contributed by atoms with Gasteiger partial charge in [0.2, 0.25) is 17.7 Å². The van der Waals surface area contributed by atoms with E-state index in [1.54, 1.807) is 19.1 Å². The molecule has 2 unspecified atom stereocenters. The number of carbonyl (C=O) groups excluding carboxylic acids is 3. The highest BCUT2D eigenvalue weighted by molar-refractivity contribution is 5.92. The molecule has 1 aliphatic rings. The minimum Gasteiger partial charge on any atom is -0.345 e. The van der Waals surface area contributed by atoms with Gasteiger partial charge in [0.25, 0.3) is 0 Å². The first-order valence-electron chi connectivity index (χ1n) is 12.4. The zero-order valence-corrected chi connectivity index (χ0v) is 21.1. The van der Waals surface area contributed by atoms with Crippen LogP contribution in [0.15, 0.2) is 18.2 Å². The average Bonchev–Trinajstić information content (AvgIpc) is 3.28. The number of para-hydroxylation sites is 1. The number of likely N-dealkylation sites (tertiary alicyclic amines) is 1. The second-order valence-corrected chi connectivity index (χ2v) is 9.51. The first-order chi connectivity index (χ1) is 16.7. The van der Waals surface area contributed by atoms with Crippen LogP contribution in [-0.4, -0.2) is 76.8 Å². The van der Waals surface area contributed by atoms with Crippen LogP contribution in [0.1, 0.15) is 64.2 Å². The number of H-pyrrole nitrogens is 1. The lowest BCUT2D eigenvalue weighted by atomic mass is 9.99. The monoisotopic (exact) mass is 488 g/mol. The van der Waals surface area contributed by atoms with Crippen LogP contribution in [0.4, 0.5) is 4.39 Å². The van der Waals surface area contributed by atoms with E-state index in [1.807, 2.05) is 23.9 Å². The number of hydrogen-bond donors (Lipinski definition) is 3. The van der Waals surface area contributed by atoms with Crippen LogP contribution in [0.3, 0.4) is 0 Å². The van der Waals surface area contributed by atoms with Crippen LogP contribution < -0.4 is 10.6 Å². The number of piperidine rings is 1. The van der Waals surface area contributed by atoms with E-state index in [0.717, 1.165) is 25.7 Å². The zero-order chi connectivity index (χ0) is 25.5. The number of rotatable bonds is 10. The van der Waals surface area contributed by atoms with Crippen molar-refractivity contribution in [2.75, 3.05) is 27.2 Å². The predicted molar refractivity (Wildman–Crippen MR) is 132 cm³/mol. The highest BCUT2D eigenvalue weighted by atomic mass is 19.1. The van der Waals surface area contributed by atoms with Gasteiger partial charge in [-0.05, 0) is 58.8 Å². The summed E-state index contributed by atoms with van der Waals surface area (Å²) in [7, 11) is 3.72. The van der Waals surface area contributed by atoms with Crippen molar-refractivity contribution < 1.29 is 18.8 Å². The molecule has 1 saturated heterocycles. The molecule has 3 atom stereocenters. The molecule has 2 aromatic rings. The van der Waals surface area contributed by atoms with Crippen molar-refractivity contribution in [3.05, 3.63) is 29.8 Å². The minimum absolute atomic E-state index is 0.114. The summed E-state index contributed by atoms with van der Waals surface area (Å²) in [6.45, 7) is 4.97. The number of aromatic amines is 1. The van der Waals surface area contributed by atoms with Crippen LogP contribution in [0, 0.1) is 5.82 Å². The van der Waals surface area contributed by atoms with Crippen LogP contribution in [-0.2, 0) is 14.4 Å². The lowest BCUT2D eigenvalue weighted by molar-refractivity contribution is -0.139. The van der Waals surface area contributed by atoms with E-state index >= 15 is 0 Å². The van der Waals surface area contributed by atoms with Gasteiger partial charge in [0.1, 0.15) is 17.4 Å². The number of carbonyl (C=O) groups is 3. The molecule has 1 aromatic heterocycles. The lowest BCUT2D eigenvalue weighted by Gasteiger charge is -2.36. The molecular weight excluding hydrogens is 451 g/mol. The molecule has 0 radical (unpaired) electrons. The standard InChI is InChI=1S/C25H37FN6O3/c1-5-17-9-6-7-13-32(17)22(34)15-20(28-21(33)12-14-31(3)4)25(35)27-16(2)24-29-19-11-8-10-18(26)23(19)30-24/h8,10-11,16-17,20H,5-7,9,12-15H2,1-4H3,(H,27,35)(H,28,33)(H,29,30)/t16?,17-,20?/m0/s1. The molecule has 0 saturated carbocycles. The number of nitrogens with zero attached hydrogens (tertiary/aromatic N) is 3. The molecule has 9 nitrogen and oxygen atoms in total. The van der Waals surface area contributed by atoms with Crippen LogP contribution >= 0.6 is 0 Å². The summed E-state index contributed by atoms with van der Waals surface area (Å²) in [6, 6.07) is 3.18. The third kappa shape index (κ3) is 7.00. The van der Waals surface area contributed by atoms with E-state index in [1.165, 1.54) is 6.07 Å². The fourth-order valence-corrected chi connectivity index (χ4v) is 4.45. The van der Waals surface area contributed by atoms with Gasteiger partial charge in [0.15, 0.2) is 5.82 Å². The Morgan fingerprint density at radius 3 is 2.71 bits per heavy atom. The molecule has 192 valence electrons. The summed E-state index contributed by atoms with van der Waals surface area (Å²) >= 11 is 0. The van der Waals surface area contributed by atoms with Gasteiger partial charge >= 0.3 is 0 Å². The number of fused-ring (bicyclic) bond motifs is 1. The van der Waals surface area contributed by atoms with Crippen molar-refractivity contribution in [1.82, 2.24) is 30.4 Å². The second-order valence-electron chi connectivity index (χ2n) is 9.51. The largest absolute Gasteiger partial charge is 0.345 e.